The first-order valence-corrected chi connectivity index (χ1v) is 9.22. The summed E-state index contributed by atoms with van der Waals surface area (Å²) in [6.07, 6.45) is 2.46. The lowest BCUT2D eigenvalue weighted by molar-refractivity contribution is -0.119. The van der Waals surface area contributed by atoms with Gasteiger partial charge in [0.05, 0.1) is 12.7 Å². The third-order valence-corrected chi connectivity index (χ3v) is 6.62. The largest absolute Gasteiger partial charge is 0.465 e. The van der Waals surface area contributed by atoms with E-state index in [9.17, 15) is 9.59 Å². The summed E-state index contributed by atoms with van der Waals surface area (Å²) in [4.78, 5) is 27.9. The van der Waals surface area contributed by atoms with Gasteiger partial charge in [-0.25, -0.2) is 4.79 Å². The van der Waals surface area contributed by atoms with E-state index in [1.54, 1.807) is 17.8 Å². The van der Waals surface area contributed by atoms with Crippen LogP contribution in [0.4, 0.5) is 5.69 Å². The Bertz CT molecular complexity index is 836. The van der Waals surface area contributed by atoms with E-state index in [-0.39, 0.29) is 16.6 Å². The smallest absolute Gasteiger partial charge is 0.337 e. The van der Waals surface area contributed by atoms with Gasteiger partial charge in [-0.05, 0) is 55.2 Å². The van der Waals surface area contributed by atoms with Crippen LogP contribution < -0.4 is 4.90 Å². The highest BCUT2D eigenvalue weighted by atomic mass is 32.2. The molecular weight excluding hydrogens is 334 g/mol. The number of hydrogen-bond acceptors (Lipinski definition) is 4. The summed E-state index contributed by atoms with van der Waals surface area (Å²) in [6, 6.07) is 15.5. The van der Waals surface area contributed by atoms with E-state index in [4.69, 9.17) is 4.74 Å². The number of methoxy groups -OCH3 is 1. The predicted molar refractivity (Wildman–Crippen MR) is 98.1 cm³/mol. The van der Waals surface area contributed by atoms with Gasteiger partial charge < -0.3 is 9.64 Å². The van der Waals surface area contributed by atoms with E-state index in [1.807, 2.05) is 47.4 Å². The molecule has 0 N–H and O–H groups in total. The van der Waals surface area contributed by atoms with Crippen molar-refractivity contribution in [2.75, 3.05) is 18.6 Å². The number of rotatable bonds is 2. The van der Waals surface area contributed by atoms with Crippen LogP contribution in [0.3, 0.4) is 0 Å². The van der Waals surface area contributed by atoms with E-state index < -0.39 is 0 Å². The van der Waals surface area contributed by atoms with E-state index in [0.29, 0.717) is 5.56 Å². The van der Waals surface area contributed by atoms with Crippen molar-refractivity contribution in [2.24, 2.45) is 0 Å². The summed E-state index contributed by atoms with van der Waals surface area (Å²) < 4.78 is 4.41. The van der Waals surface area contributed by atoms with E-state index in [0.717, 1.165) is 42.0 Å². The van der Waals surface area contributed by atoms with E-state index in [1.165, 1.54) is 7.11 Å². The lowest BCUT2D eigenvalue weighted by atomic mass is 9.95. The molecule has 1 unspecified atom stereocenters. The SMILES string of the molecule is COC(=O)c1ccc2c(c1)CCC1(CCN(c3ccccc3)C1=O)S2. The summed E-state index contributed by atoms with van der Waals surface area (Å²) >= 11 is 1.66. The molecule has 2 aliphatic rings. The number of carbonyl (C=O) groups excluding carboxylic acids is 2. The standard InChI is InChI=1S/C20H19NO3S/c1-24-18(22)15-7-8-17-14(13-15)9-10-20(25-17)11-12-21(19(20)23)16-5-3-2-4-6-16/h2-8,13H,9-12H2,1H3. The first kappa shape index (κ1) is 16.2. The Labute approximate surface area is 151 Å². The van der Waals surface area contributed by atoms with E-state index >= 15 is 0 Å². The average molecular weight is 353 g/mol. The number of hydrogen-bond donors (Lipinski definition) is 0. The molecule has 1 saturated heterocycles. The molecule has 5 heteroatoms. The number of amides is 1. The van der Waals surface area contributed by atoms with Crippen LogP contribution in [0.2, 0.25) is 0 Å². The molecule has 1 atom stereocenters. The molecule has 25 heavy (non-hydrogen) atoms. The van der Waals surface area contributed by atoms with Crippen molar-refractivity contribution in [3.8, 4) is 0 Å². The first-order valence-electron chi connectivity index (χ1n) is 8.40. The quantitative estimate of drug-likeness (QED) is 0.773. The number of carbonyl (C=O) groups is 2. The van der Waals surface area contributed by atoms with Gasteiger partial charge in [0.25, 0.3) is 0 Å². The van der Waals surface area contributed by atoms with Crippen LogP contribution in [0.25, 0.3) is 0 Å². The zero-order valence-corrected chi connectivity index (χ0v) is 14.8. The lowest BCUT2D eigenvalue weighted by Crippen LogP contribution is -2.39. The number of benzene rings is 2. The van der Waals surface area contributed by atoms with Crippen LogP contribution >= 0.6 is 11.8 Å². The van der Waals surface area contributed by atoms with Gasteiger partial charge in [0.1, 0.15) is 4.75 Å². The Morgan fingerprint density at radius 2 is 1.96 bits per heavy atom. The fraction of sp³-hybridized carbons (Fsp3) is 0.300. The molecule has 2 aliphatic heterocycles. The minimum absolute atomic E-state index is 0.200. The van der Waals surface area contributed by atoms with Crippen LogP contribution in [-0.4, -0.2) is 30.3 Å². The van der Waals surface area contributed by atoms with Crippen molar-refractivity contribution in [1.82, 2.24) is 0 Å². The van der Waals surface area contributed by atoms with Gasteiger partial charge in [0.2, 0.25) is 5.91 Å². The normalized spacial score (nSPS) is 22.1. The second-order valence-electron chi connectivity index (χ2n) is 6.45. The molecule has 0 saturated carbocycles. The highest BCUT2D eigenvalue weighted by Crippen LogP contribution is 2.49. The molecule has 2 aromatic rings. The Hall–Kier alpha value is -2.27. The van der Waals surface area contributed by atoms with Crippen LogP contribution in [0, 0.1) is 0 Å². The molecule has 4 rings (SSSR count). The van der Waals surface area contributed by atoms with Crippen molar-refractivity contribution in [3.63, 3.8) is 0 Å². The van der Waals surface area contributed by atoms with Crippen molar-refractivity contribution in [3.05, 3.63) is 59.7 Å². The maximum absolute atomic E-state index is 13.1. The number of anilines is 1. The zero-order chi connectivity index (χ0) is 17.4. The van der Waals surface area contributed by atoms with Crippen molar-refractivity contribution < 1.29 is 14.3 Å². The first-order chi connectivity index (χ1) is 12.1. The van der Waals surface area contributed by atoms with Crippen LogP contribution in [-0.2, 0) is 16.0 Å². The third kappa shape index (κ3) is 2.72. The second-order valence-corrected chi connectivity index (χ2v) is 7.88. The summed E-state index contributed by atoms with van der Waals surface area (Å²) in [5, 5.41) is 0. The minimum atomic E-state index is -0.379. The number of fused-ring (bicyclic) bond motifs is 1. The van der Waals surface area contributed by atoms with Crippen LogP contribution in [0.1, 0.15) is 28.8 Å². The fourth-order valence-corrected chi connectivity index (χ4v) is 5.09. The summed E-state index contributed by atoms with van der Waals surface area (Å²) in [5.41, 5.74) is 2.67. The highest BCUT2D eigenvalue weighted by molar-refractivity contribution is 8.01. The molecule has 0 radical (unpaired) electrons. The van der Waals surface area contributed by atoms with Gasteiger partial charge in [0, 0.05) is 17.1 Å². The topological polar surface area (TPSA) is 46.6 Å². The monoisotopic (exact) mass is 353 g/mol. The van der Waals surface area contributed by atoms with Gasteiger partial charge in [-0.1, -0.05) is 18.2 Å². The maximum atomic E-state index is 13.1. The predicted octanol–water partition coefficient (Wildman–Crippen LogP) is 3.69. The van der Waals surface area contributed by atoms with Gasteiger partial charge in [-0.2, -0.15) is 0 Å². The summed E-state index contributed by atoms with van der Waals surface area (Å²) in [5.74, 6) is -0.119. The number of para-hydroxylation sites is 1. The van der Waals surface area contributed by atoms with E-state index in [2.05, 4.69) is 0 Å². The zero-order valence-electron chi connectivity index (χ0n) is 14.0. The fourth-order valence-electron chi connectivity index (χ4n) is 3.65. The molecule has 1 spiro atoms. The summed E-state index contributed by atoms with van der Waals surface area (Å²) in [7, 11) is 1.39. The van der Waals surface area contributed by atoms with Crippen LogP contribution in [0.15, 0.2) is 53.4 Å². The van der Waals surface area contributed by atoms with Gasteiger partial charge in [-0.15, -0.1) is 11.8 Å². The number of ether oxygens (including phenoxy) is 1. The average Bonchev–Trinajstić information content (AvgIpc) is 2.97. The van der Waals surface area contributed by atoms with Crippen LogP contribution in [0.5, 0.6) is 0 Å². The molecule has 128 valence electrons. The third-order valence-electron chi connectivity index (χ3n) is 5.03. The van der Waals surface area contributed by atoms with Crippen molar-refractivity contribution in [2.45, 2.75) is 28.9 Å². The highest BCUT2D eigenvalue weighted by Gasteiger charge is 2.49. The van der Waals surface area contributed by atoms with Gasteiger partial charge in [0.15, 0.2) is 0 Å². The Kier molecular flexibility index (Phi) is 4.04. The minimum Gasteiger partial charge on any atom is -0.465 e. The molecular formula is C20H19NO3S. The molecule has 2 aromatic carbocycles. The number of nitrogens with zero attached hydrogens (tertiary/aromatic N) is 1. The Balaban J connectivity index is 1.60. The number of thioether (sulfide) groups is 1. The molecule has 1 amide bonds. The second kappa shape index (κ2) is 6.23. The van der Waals surface area contributed by atoms with Gasteiger partial charge in [-0.3, -0.25) is 4.79 Å². The molecule has 0 bridgehead atoms. The number of aryl methyl sites for hydroxylation is 1. The molecule has 0 aliphatic carbocycles. The van der Waals surface area contributed by atoms with Crippen molar-refractivity contribution >= 4 is 29.3 Å². The maximum Gasteiger partial charge on any atom is 0.337 e. The number of esters is 1. The summed E-state index contributed by atoms with van der Waals surface area (Å²) in [6.45, 7) is 0.755. The lowest BCUT2D eigenvalue weighted by Gasteiger charge is -2.32. The molecule has 1 fully saturated rings. The molecule has 2 heterocycles. The molecule has 4 nitrogen and oxygen atoms in total. The van der Waals surface area contributed by atoms with Gasteiger partial charge >= 0.3 is 5.97 Å². The Morgan fingerprint density at radius 3 is 2.72 bits per heavy atom. The Morgan fingerprint density at radius 1 is 1.16 bits per heavy atom. The van der Waals surface area contributed by atoms with Crippen molar-refractivity contribution in [1.29, 1.82) is 0 Å². The molecule has 0 aromatic heterocycles.